The third kappa shape index (κ3) is 4.48. The topological polar surface area (TPSA) is 74.8 Å². The number of ether oxygens (including phenoxy) is 1. The second-order valence-electron chi connectivity index (χ2n) is 6.51. The Kier molecular flexibility index (Phi) is 6.60. The first-order valence-electron chi connectivity index (χ1n) is 9.61. The second kappa shape index (κ2) is 9.32. The molecule has 0 saturated carbocycles. The van der Waals surface area contributed by atoms with Gasteiger partial charge < -0.3 is 19.9 Å². The number of para-hydroxylation sites is 2. The van der Waals surface area contributed by atoms with Gasteiger partial charge in [-0.05, 0) is 32.0 Å². The Morgan fingerprint density at radius 3 is 2.50 bits per heavy atom. The van der Waals surface area contributed by atoms with Crippen LogP contribution in [-0.4, -0.2) is 61.1 Å². The Morgan fingerprint density at radius 1 is 1.11 bits per heavy atom. The molecular weight excluding hydrogens is 356 g/mol. The molecule has 1 fully saturated rings. The van der Waals surface area contributed by atoms with Gasteiger partial charge in [-0.1, -0.05) is 12.1 Å². The summed E-state index contributed by atoms with van der Waals surface area (Å²) in [5, 5.41) is 2.96. The maximum absolute atomic E-state index is 12.8. The van der Waals surface area contributed by atoms with Gasteiger partial charge in [-0.2, -0.15) is 0 Å². The highest BCUT2D eigenvalue weighted by Gasteiger charge is 2.18. The van der Waals surface area contributed by atoms with Crippen LogP contribution in [0.15, 0.2) is 42.7 Å². The number of anilines is 2. The summed E-state index contributed by atoms with van der Waals surface area (Å²) < 4.78 is 5.41. The number of nitrogens with zero attached hydrogens (tertiary/aromatic N) is 3. The molecular formula is C21H26N4O3. The van der Waals surface area contributed by atoms with Crippen molar-refractivity contribution in [2.24, 2.45) is 0 Å². The van der Waals surface area contributed by atoms with E-state index in [0.29, 0.717) is 37.4 Å². The van der Waals surface area contributed by atoms with E-state index in [-0.39, 0.29) is 11.8 Å². The number of rotatable bonds is 6. The van der Waals surface area contributed by atoms with Gasteiger partial charge in [0.25, 0.3) is 11.8 Å². The van der Waals surface area contributed by atoms with Crippen LogP contribution in [0, 0.1) is 0 Å². The van der Waals surface area contributed by atoms with Crippen LogP contribution in [-0.2, 0) is 4.74 Å². The standard InChI is InChI=1S/C21H26N4O3/c1-3-24(4-2)21(27)17-13-16(14-22-15-17)20(26)23-18-7-5-6-8-19(18)25-9-11-28-12-10-25/h5-8,13-15H,3-4,9-12H2,1-2H3,(H,23,26). The lowest BCUT2D eigenvalue weighted by molar-refractivity contribution is 0.0772. The van der Waals surface area contributed by atoms with Crippen molar-refractivity contribution in [3.63, 3.8) is 0 Å². The Hall–Kier alpha value is -2.93. The highest BCUT2D eigenvalue weighted by molar-refractivity contribution is 6.07. The maximum atomic E-state index is 12.8. The number of hydrogen-bond acceptors (Lipinski definition) is 5. The molecule has 1 aromatic heterocycles. The first-order valence-corrected chi connectivity index (χ1v) is 9.61. The lowest BCUT2D eigenvalue weighted by Gasteiger charge is -2.30. The third-order valence-corrected chi connectivity index (χ3v) is 4.80. The number of carbonyl (C=O) groups excluding carboxylic acids is 2. The molecule has 0 unspecified atom stereocenters. The molecule has 2 amide bonds. The highest BCUT2D eigenvalue weighted by atomic mass is 16.5. The van der Waals surface area contributed by atoms with Crippen LogP contribution in [0.1, 0.15) is 34.6 Å². The van der Waals surface area contributed by atoms with Gasteiger partial charge in [0.1, 0.15) is 0 Å². The third-order valence-electron chi connectivity index (χ3n) is 4.80. The number of morpholine rings is 1. The average Bonchev–Trinajstić information content (AvgIpc) is 2.75. The molecule has 1 aliphatic heterocycles. The Morgan fingerprint density at radius 2 is 1.79 bits per heavy atom. The molecule has 28 heavy (non-hydrogen) atoms. The van der Waals surface area contributed by atoms with E-state index >= 15 is 0 Å². The molecule has 7 heteroatoms. The van der Waals surface area contributed by atoms with Crippen LogP contribution in [0.3, 0.4) is 0 Å². The molecule has 0 bridgehead atoms. The molecule has 0 atom stereocenters. The quantitative estimate of drug-likeness (QED) is 0.831. The first-order chi connectivity index (χ1) is 13.6. The molecule has 1 aliphatic rings. The molecule has 0 spiro atoms. The summed E-state index contributed by atoms with van der Waals surface area (Å²) in [4.78, 5) is 33.3. The van der Waals surface area contributed by atoms with Crippen molar-refractivity contribution < 1.29 is 14.3 Å². The van der Waals surface area contributed by atoms with Gasteiger partial charge in [-0.25, -0.2) is 0 Å². The molecule has 0 radical (unpaired) electrons. The molecule has 148 valence electrons. The number of nitrogens with one attached hydrogen (secondary N) is 1. The highest BCUT2D eigenvalue weighted by Crippen LogP contribution is 2.26. The van der Waals surface area contributed by atoms with E-state index in [0.717, 1.165) is 24.5 Å². The van der Waals surface area contributed by atoms with Crippen LogP contribution < -0.4 is 10.2 Å². The lowest BCUT2D eigenvalue weighted by atomic mass is 10.1. The summed E-state index contributed by atoms with van der Waals surface area (Å²) in [7, 11) is 0. The van der Waals surface area contributed by atoms with Crippen molar-refractivity contribution in [1.82, 2.24) is 9.88 Å². The SMILES string of the molecule is CCN(CC)C(=O)c1cncc(C(=O)Nc2ccccc2N2CCOCC2)c1. The van der Waals surface area contributed by atoms with E-state index in [1.165, 1.54) is 12.4 Å². The number of amides is 2. The number of aromatic nitrogens is 1. The minimum Gasteiger partial charge on any atom is -0.378 e. The van der Waals surface area contributed by atoms with E-state index < -0.39 is 0 Å². The number of carbonyl (C=O) groups is 2. The summed E-state index contributed by atoms with van der Waals surface area (Å²) >= 11 is 0. The van der Waals surface area contributed by atoms with Crippen molar-refractivity contribution >= 4 is 23.2 Å². The van der Waals surface area contributed by atoms with Gasteiger partial charge in [-0.15, -0.1) is 0 Å². The zero-order chi connectivity index (χ0) is 19.9. The molecule has 2 heterocycles. The fourth-order valence-electron chi connectivity index (χ4n) is 3.23. The summed E-state index contributed by atoms with van der Waals surface area (Å²) in [5.41, 5.74) is 2.46. The predicted octanol–water partition coefficient (Wildman–Crippen LogP) is 2.65. The monoisotopic (exact) mass is 382 g/mol. The Balaban J connectivity index is 1.79. The van der Waals surface area contributed by atoms with Crippen LogP contribution in [0.25, 0.3) is 0 Å². The Labute approximate surface area is 165 Å². The van der Waals surface area contributed by atoms with Crippen LogP contribution >= 0.6 is 0 Å². The van der Waals surface area contributed by atoms with Crippen molar-refractivity contribution in [1.29, 1.82) is 0 Å². The lowest BCUT2D eigenvalue weighted by Crippen LogP contribution is -2.36. The van der Waals surface area contributed by atoms with Crippen molar-refractivity contribution in [2.45, 2.75) is 13.8 Å². The van der Waals surface area contributed by atoms with Gasteiger partial charge in [0, 0.05) is 38.6 Å². The predicted molar refractivity (Wildman–Crippen MR) is 109 cm³/mol. The number of benzene rings is 1. The minimum absolute atomic E-state index is 0.124. The molecule has 1 aromatic carbocycles. The van der Waals surface area contributed by atoms with E-state index in [4.69, 9.17) is 4.74 Å². The Bertz CT molecular complexity index is 830. The molecule has 2 aromatic rings. The van der Waals surface area contributed by atoms with Gasteiger partial charge >= 0.3 is 0 Å². The zero-order valence-electron chi connectivity index (χ0n) is 16.4. The normalized spacial score (nSPS) is 13.9. The molecule has 3 rings (SSSR count). The summed E-state index contributed by atoms with van der Waals surface area (Å²) in [6.45, 7) is 7.97. The number of hydrogen-bond donors (Lipinski definition) is 1. The van der Waals surface area contributed by atoms with Gasteiger partial charge in [-0.3, -0.25) is 14.6 Å². The van der Waals surface area contributed by atoms with E-state index in [1.807, 2.05) is 38.1 Å². The van der Waals surface area contributed by atoms with Crippen LogP contribution in [0.2, 0.25) is 0 Å². The minimum atomic E-state index is -0.289. The number of pyridine rings is 1. The zero-order valence-corrected chi connectivity index (χ0v) is 16.4. The van der Waals surface area contributed by atoms with Crippen LogP contribution in [0.5, 0.6) is 0 Å². The largest absolute Gasteiger partial charge is 0.378 e. The van der Waals surface area contributed by atoms with E-state index in [9.17, 15) is 9.59 Å². The first kappa shape index (κ1) is 19.8. The van der Waals surface area contributed by atoms with Crippen molar-refractivity contribution in [3.05, 3.63) is 53.9 Å². The summed E-state index contributed by atoms with van der Waals surface area (Å²) in [5.74, 6) is -0.414. The van der Waals surface area contributed by atoms with Gasteiger partial charge in [0.2, 0.25) is 0 Å². The fourth-order valence-corrected chi connectivity index (χ4v) is 3.23. The van der Waals surface area contributed by atoms with Crippen molar-refractivity contribution in [3.8, 4) is 0 Å². The molecule has 1 saturated heterocycles. The molecule has 1 N–H and O–H groups in total. The maximum Gasteiger partial charge on any atom is 0.257 e. The smallest absolute Gasteiger partial charge is 0.257 e. The van der Waals surface area contributed by atoms with Gasteiger partial charge in [0.15, 0.2) is 0 Å². The summed E-state index contributed by atoms with van der Waals surface area (Å²) in [6.07, 6.45) is 2.98. The fraction of sp³-hybridized carbons (Fsp3) is 0.381. The average molecular weight is 382 g/mol. The second-order valence-corrected chi connectivity index (χ2v) is 6.51. The summed E-state index contributed by atoms with van der Waals surface area (Å²) in [6, 6.07) is 9.30. The van der Waals surface area contributed by atoms with Crippen molar-refractivity contribution in [2.75, 3.05) is 49.6 Å². The molecule has 0 aliphatic carbocycles. The molecule has 7 nitrogen and oxygen atoms in total. The van der Waals surface area contributed by atoms with Gasteiger partial charge in [0.05, 0.1) is 35.7 Å². The van der Waals surface area contributed by atoms with E-state index in [1.54, 1.807) is 11.0 Å². The van der Waals surface area contributed by atoms with E-state index in [2.05, 4.69) is 15.2 Å². The van der Waals surface area contributed by atoms with Crippen LogP contribution in [0.4, 0.5) is 11.4 Å².